The molecular formula is C19H22O6. The van der Waals surface area contributed by atoms with Gasteiger partial charge in [0, 0.05) is 0 Å². The quantitative estimate of drug-likeness (QED) is 0.616. The van der Waals surface area contributed by atoms with E-state index in [9.17, 15) is 9.59 Å². The van der Waals surface area contributed by atoms with E-state index < -0.39 is 17.7 Å². The van der Waals surface area contributed by atoms with Crippen molar-refractivity contribution in [1.29, 1.82) is 0 Å². The second kappa shape index (κ2) is 6.58. The lowest BCUT2D eigenvalue weighted by molar-refractivity contribution is -0.208. The van der Waals surface area contributed by atoms with Gasteiger partial charge in [-0.25, -0.2) is 9.59 Å². The first kappa shape index (κ1) is 16.2. The predicted molar refractivity (Wildman–Crippen MR) is 87.1 cm³/mol. The van der Waals surface area contributed by atoms with Crippen LogP contribution < -0.4 is 9.47 Å². The Hall–Kier alpha value is -2.24. The number of ether oxygens (including phenoxy) is 4. The van der Waals surface area contributed by atoms with Gasteiger partial charge in [0.25, 0.3) is 0 Å². The number of carbonyl (C=O) groups is 2. The van der Waals surface area contributed by atoms with Crippen LogP contribution in [0.25, 0.3) is 0 Å². The molecule has 25 heavy (non-hydrogen) atoms. The number of fused-ring (bicyclic) bond motifs is 1. The topological polar surface area (TPSA) is 71.1 Å². The fourth-order valence-electron chi connectivity index (χ4n) is 3.67. The number of benzene rings is 1. The number of hydrogen-bond donors (Lipinski definition) is 0. The molecule has 0 N–H and O–H groups in total. The Kier molecular flexibility index (Phi) is 4.27. The average Bonchev–Trinajstić information content (AvgIpc) is 3.35. The highest BCUT2D eigenvalue weighted by atomic mass is 16.8. The van der Waals surface area contributed by atoms with Crippen molar-refractivity contribution < 1.29 is 28.5 Å². The Morgan fingerprint density at radius 1 is 0.800 bits per heavy atom. The number of carbonyl (C=O) groups excluding carboxylic acids is 2. The normalized spacial score (nSPS) is 22.1. The molecule has 3 aliphatic rings. The van der Waals surface area contributed by atoms with Crippen LogP contribution in [0.15, 0.2) is 24.3 Å². The molecule has 0 bridgehead atoms. The lowest BCUT2D eigenvalue weighted by atomic mass is 10.2. The molecule has 1 aromatic rings. The van der Waals surface area contributed by atoms with Gasteiger partial charge in [0.2, 0.25) is 0 Å². The lowest BCUT2D eigenvalue weighted by Gasteiger charge is -2.26. The molecule has 0 aromatic heterocycles. The Morgan fingerprint density at radius 2 is 1.20 bits per heavy atom. The minimum atomic E-state index is -2.19. The second-order valence-electron chi connectivity index (χ2n) is 6.89. The van der Waals surface area contributed by atoms with Crippen molar-refractivity contribution in [2.75, 3.05) is 0 Å². The molecule has 0 saturated heterocycles. The summed E-state index contributed by atoms with van der Waals surface area (Å²) in [6.45, 7) is 0. The Morgan fingerprint density at radius 3 is 1.60 bits per heavy atom. The highest BCUT2D eigenvalue weighted by molar-refractivity contribution is 6.03. The van der Waals surface area contributed by atoms with Crippen LogP contribution in [-0.2, 0) is 19.1 Å². The molecule has 0 spiro atoms. The van der Waals surface area contributed by atoms with E-state index in [0.717, 1.165) is 51.4 Å². The van der Waals surface area contributed by atoms with Crippen molar-refractivity contribution >= 4 is 11.9 Å². The number of esters is 2. The van der Waals surface area contributed by atoms with Crippen molar-refractivity contribution in [3.63, 3.8) is 0 Å². The van der Waals surface area contributed by atoms with Gasteiger partial charge in [0.05, 0.1) is 0 Å². The molecule has 6 heteroatoms. The highest BCUT2D eigenvalue weighted by Gasteiger charge is 2.60. The summed E-state index contributed by atoms with van der Waals surface area (Å²) in [5.41, 5.74) is 0. The van der Waals surface area contributed by atoms with Gasteiger partial charge in [-0.05, 0) is 63.5 Å². The van der Waals surface area contributed by atoms with Gasteiger partial charge in [-0.15, -0.1) is 0 Å². The molecule has 134 valence electrons. The predicted octanol–water partition coefficient (Wildman–Crippen LogP) is 3.13. The average molecular weight is 346 g/mol. The molecule has 0 unspecified atom stereocenters. The maximum atomic E-state index is 12.8. The first-order valence-electron chi connectivity index (χ1n) is 9.06. The molecule has 0 amide bonds. The van der Waals surface area contributed by atoms with Gasteiger partial charge < -0.3 is 18.9 Å². The van der Waals surface area contributed by atoms with Crippen LogP contribution in [0.4, 0.5) is 0 Å². The van der Waals surface area contributed by atoms with E-state index in [1.807, 2.05) is 0 Å². The number of hydrogen-bond acceptors (Lipinski definition) is 6. The van der Waals surface area contributed by atoms with Crippen molar-refractivity contribution in [3.05, 3.63) is 24.3 Å². The van der Waals surface area contributed by atoms with Crippen molar-refractivity contribution in [2.24, 2.45) is 0 Å². The summed E-state index contributed by atoms with van der Waals surface area (Å²) in [6.07, 6.45) is 6.86. The Labute approximate surface area is 146 Å². The molecule has 0 atom stereocenters. The van der Waals surface area contributed by atoms with Crippen LogP contribution in [0.2, 0.25) is 0 Å². The molecule has 1 aliphatic heterocycles. The smallest absolute Gasteiger partial charge is 0.453 e. The van der Waals surface area contributed by atoms with Gasteiger partial charge in [-0.3, -0.25) is 0 Å². The van der Waals surface area contributed by atoms with Crippen LogP contribution in [0.5, 0.6) is 11.5 Å². The fraction of sp³-hybridized carbons (Fsp3) is 0.579. The molecule has 1 aromatic carbocycles. The van der Waals surface area contributed by atoms with E-state index in [1.165, 1.54) is 0 Å². The zero-order valence-corrected chi connectivity index (χ0v) is 14.1. The maximum absolute atomic E-state index is 12.8. The highest BCUT2D eigenvalue weighted by Crippen LogP contribution is 2.41. The Balaban J connectivity index is 1.56. The van der Waals surface area contributed by atoms with Crippen molar-refractivity contribution in [3.8, 4) is 11.5 Å². The third-order valence-electron chi connectivity index (χ3n) is 5.05. The van der Waals surface area contributed by atoms with Gasteiger partial charge in [-0.1, -0.05) is 12.1 Å². The van der Waals surface area contributed by atoms with Crippen LogP contribution in [-0.4, -0.2) is 29.9 Å². The van der Waals surface area contributed by atoms with E-state index in [2.05, 4.69) is 0 Å². The van der Waals surface area contributed by atoms with E-state index in [-0.39, 0.29) is 12.2 Å². The minimum Gasteiger partial charge on any atom is -0.456 e. The first-order chi connectivity index (χ1) is 12.2. The molecular weight excluding hydrogens is 324 g/mol. The second-order valence-corrected chi connectivity index (χ2v) is 6.89. The summed E-state index contributed by atoms with van der Waals surface area (Å²) in [4.78, 5) is 25.7. The minimum absolute atomic E-state index is 0.195. The van der Waals surface area contributed by atoms with E-state index >= 15 is 0 Å². The number of rotatable bonds is 4. The molecule has 2 aliphatic carbocycles. The van der Waals surface area contributed by atoms with Crippen LogP contribution in [0.3, 0.4) is 0 Å². The standard InChI is InChI=1S/C19H22O6/c20-17(22-13-7-1-2-8-13)19(18(21)23-14-9-3-4-10-14)24-15-11-5-6-12-16(15)25-19/h5-6,11-14H,1-4,7-10H2. The van der Waals surface area contributed by atoms with E-state index in [1.54, 1.807) is 24.3 Å². The maximum Gasteiger partial charge on any atom is 0.453 e. The summed E-state index contributed by atoms with van der Waals surface area (Å²) in [5.74, 6) is -3.14. The third kappa shape index (κ3) is 3.05. The van der Waals surface area contributed by atoms with Gasteiger partial charge >= 0.3 is 17.7 Å². The monoisotopic (exact) mass is 346 g/mol. The van der Waals surface area contributed by atoms with Gasteiger partial charge in [0.15, 0.2) is 11.5 Å². The summed E-state index contributed by atoms with van der Waals surface area (Å²) < 4.78 is 22.4. The molecule has 2 saturated carbocycles. The van der Waals surface area contributed by atoms with Crippen LogP contribution in [0, 0.1) is 0 Å². The summed E-state index contributed by atoms with van der Waals surface area (Å²) >= 11 is 0. The molecule has 2 fully saturated rings. The zero-order chi connectivity index (χ0) is 17.3. The molecule has 0 radical (unpaired) electrons. The zero-order valence-electron chi connectivity index (χ0n) is 14.1. The van der Waals surface area contributed by atoms with Crippen molar-refractivity contribution in [2.45, 2.75) is 69.4 Å². The fourth-order valence-corrected chi connectivity index (χ4v) is 3.67. The molecule has 4 rings (SSSR count). The Bertz CT molecular complexity index is 601. The first-order valence-corrected chi connectivity index (χ1v) is 9.06. The van der Waals surface area contributed by atoms with Gasteiger partial charge in [-0.2, -0.15) is 0 Å². The lowest BCUT2D eigenvalue weighted by Crippen LogP contribution is -2.57. The van der Waals surface area contributed by atoms with Crippen LogP contribution >= 0.6 is 0 Å². The van der Waals surface area contributed by atoms with E-state index in [4.69, 9.17) is 18.9 Å². The number of para-hydroxylation sites is 2. The largest absolute Gasteiger partial charge is 0.456 e. The summed E-state index contributed by atoms with van der Waals surface area (Å²) in [5, 5.41) is 0. The molecule has 6 nitrogen and oxygen atoms in total. The van der Waals surface area contributed by atoms with Crippen molar-refractivity contribution in [1.82, 2.24) is 0 Å². The third-order valence-corrected chi connectivity index (χ3v) is 5.05. The SMILES string of the molecule is O=C(OC1CCCC1)C1(C(=O)OC2CCCC2)Oc2ccccc2O1. The van der Waals surface area contributed by atoms with E-state index in [0.29, 0.717) is 11.5 Å². The summed E-state index contributed by atoms with van der Waals surface area (Å²) in [7, 11) is 0. The van der Waals surface area contributed by atoms with Crippen LogP contribution in [0.1, 0.15) is 51.4 Å². The van der Waals surface area contributed by atoms with Gasteiger partial charge in [0.1, 0.15) is 12.2 Å². The summed E-state index contributed by atoms with van der Waals surface area (Å²) in [6, 6.07) is 6.82. The molecule has 1 heterocycles.